The highest BCUT2D eigenvalue weighted by Crippen LogP contribution is 2.28. The van der Waals surface area contributed by atoms with Crippen LogP contribution in [-0.4, -0.2) is 17.7 Å². The first-order chi connectivity index (χ1) is 13.2. The molecule has 0 fully saturated rings. The van der Waals surface area contributed by atoms with Gasteiger partial charge in [0.15, 0.2) is 5.76 Å². The number of esters is 1. The van der Waals surface area contributed by atoms with E-state index >= 15 is 0 Å². The molecule has 6 heteroatoms. The van der Waals surface area contributed by atoms with Gasteiger partial charge in [0.25, 0.3) is 0 Å². The van der Waals surface area contributed by atoms with Crippen LogP contribution in [0.3, 0.4) is 0 Å². The summed E-state index contributed by atoms with van der Waals surface area (Å²) >= 11 is 0. The van der Waals surface area contributed by atoms with Crippen LogP contribution < -0.4 is 4.74 Å². The molecular weight excluding hydrogens is 346 g/mol. The van der Waals surface area contributed by atoms with Gasteiger partial charge in [-0.1, -0.05) is 23.4 Å². The van der Waals surface area contributed by atoms with Gasteiger partial charge < -0.3 is 18.4 Å². The summed E-state index contributed by atoms with van der Waals surface area (Å²) in [6.45, 7) is 2.49. The number of nitrogens with zero attached hydrogens (tertiary/aromatic N) is 1. The van der Waals surface area contributed by atoms with Gasteiger partial charge >= 0.3 is 5.97 Å². The average molecular weight is 363 g/mol. The number of carbonyl (C=O) groups is 1. The van der Waals surface area contributed by atoms with Gasteiger partial charge in [0.2, 0.25) is 5.76 Å². The number of carbonyl (C=O) groups excluding carboxylic acids is 1. The third-order valence-corrected chi connectivity index (χ3v) is 3.98. The molecule has 2 aromatic carbocycles. The van der Waals surface area contributed by atoms with Crippen LogP contribution in [0.2, 0.25) is 0 Å². The molecule has 27 heavy (non-hydrogen) atoms. The molecular formula is C21H17NO5. The molecule has 0 aliphatic rings. The summed E-state index contributed by atoms with van der Waals surface area (Å²) in [6.07, 6.45) is 0. The molecule has 0 unspecified atom stereocenters. The van der Waals surface area contributed by atoms with Gasteiger partial charge in [-0.05, 0) is 43.3 Å². The minimum Gasteiger partial charge on any atom is -0.494 e. The molecule has 0 N–H and O–H groups in total. The summed E-state index contributed by atoms with van der Waals surface area (Å²) < 4.78 is 21.7. The van der Waals surface area contributed by atoms with Crippen molar-refractivity contribution in [1.29, 1.82) is 0 Å². The second-order valence-electron chi connectivity index (χ2n) is 5.86. The summed E-state index contributed by atoms with van der Waals surface area (Å²) in [5.41, 5.74) is 1.72. The molecule has 4 aromatic rings. The van der Waals surface area contributed by atoms with E-state index in [1.807, 2.05) is 37.3 Å². The maximum absolute atomic E-state index is 12.1. The first-order valence-electron chi connectivity index (χ1n) is 8.57. The van der Waals surface area contributed by atoms with E-state index < -0.39 is 5.97 Å². The van der Waals surface area contributed by atoms with E-state index in [0.29, 0.717) is 35.1 Å². The highest BCUT2D eigenvalue weighted by Gasteiger charge is 2.14. The molecule has 2 aromatic heterocycles. The fourth-order valence-corrected chi connectivity index (χ4v) is 2.68. The lowest BCUT2D eigenvalue weighted by Gasteiger charge is -2.05. The van der Waals surface area contributed by atoms with Crippen molar-refractivity contribution in [3.8, 4) is 17.3 Å². The SMILES string of the molecule is CCOc1ccc(C(=O)OCc2cc(-c3cc4ccccc4o3)on2)cc1. The predicted molar refractivity (Wildman–Crippen MR) is 98.4 cm³/mol. The number of fused-ring (bicyclic) bond motifs is 1. The maximum Gasteiger partial charge on any atom is 0.338 e. The van der Waals surface area contributed by atoms with Crippen molar-refractivity contribution < 1.29 is 23.2 Å². The Morgan fingerprint density at radius 2 is 1.85 bits per heavy atom. The summed E-state index contributed by atoms with van der Waals surface area (Å²) in [5.74, 6) is 1.33. The normalized spacial score (nSPS) is 10.9. The van der Waals surface area contributed by atoms with Crippen LogP contribution in [0.15, 0.2) is 69.6 Å². The molecule has 0 amide bonds. The fourth-order valence-electron chi connectivity index (χ4n) is 2.68. The Labute approximate surface area is 155 Å². The van der Waals surface area contributed by atoms with Crippen LogP contribution in [-0.2, 0) is 11.3 Å². The number of aromatic nitrogens is 1. The number of benzene rings is 2. The lowest BCUT2D eigenvalue weighted by atomic mass is 10.2. The monoisotopic (exact) mass is 363 g/mol. The number of hydrogen-bond acceptors (Lipinski definition) is 6. The first kappa shape index (κ1) is 16.9. The number of ether oxygens (including phenoxy) is 2. The second kappa shape index (κ2) is 7.37. The molecule has 0 aliphatic heterocycles. The summed E-state index contributed by atoms with van der Waals surface area (Å²) in [7, 11) is 0. The highest BCUT2D eigenvalue weighted by atomic mass is 16.5. The number of furan rings is 1. The minimum absolute atomic E-state index is 0.00970. The van der Waals surface area contributed by atoms with Gasteiger partial charge in [-0.3, -0.25) is 0 Å². The van der Waals surface area contributed by atoms with E-state index in [0.717, 1.165) is 11.0 Å². The summed E-state index contributed by atoms with van der Waals surface area (Å²) in [5, 5.41) is 4.91. The molecule has 0 spiro atoms. The lowest BCUT2D eigenvalue weighted by Crippen LogP contribution is -2.05. The average Bonchev–Trinajstić information content (AvgIpc) is 3.33. The van der Waals surface area contributed by atoms with Crippen LogP contribution in [0.1, 0.15) is 23.0 Å². The van der Waals surface area contributed by atoms with E-state index in [4.69, 9.17) is 18.4 Å². The van der Waals surface area contributed by atoms with Gasteiger partial charge in [-0.2, -0.15) is 0 Å². The van der Waals surface area contributed by atoms with Crippen molar-refractivity contribution in [2.24, 2.45) is 0 Å². The zero-order chi connectivity index (χ0) is 18.6. The van der Waals surface area contributed by atoms with Crippen molar-refractivity contribution in [1.82, 2.24) is 5.16 Å². The van der Waals surface area contributed by atoms with Crippen molar-refractivity contribution >= 4 is 16.9 Å². The first-order valence-corrected chi connectivity index (χ1v) is 8.57. The van der Waals surface area contributed by atoms with Crippen LogP contribution in [0.5, 0.6) is 5.75 Å². The van der Waals surface area contributed by atoms with E-state index in [1.165, 1.54) is 0 Å². The maximum atomic E-state index is 12.1. The molecule has 0 saturated heterocycles. The third-order valence-electron chi connectivity index (χ3n) is 3.98. The Morgan fingerprint density at radius 1 is 1.04 bits per heavy atom. The largest absolute Gasteiger partial charge is 0.494 e. The van der Waals surface area contributed by atoms with Crippen LogP contribution in [0.4, 0.5) is 0 Å². The van der Waals surface area contributed by atoms with Crippen molar-refractivity contribution in [3.05, 3.63) is 71.9 Å². The molecule has 6 nitrogen and oxygen atoms in total. The quantitative estimate of drug-likeness (QED) is 0.456. The lowest BCUT2D eigenvalue weighted by molar-refractivity contribution is 0.0464. The zero-order valence-corrected chi connectivity index (χ0v) is 14.7. The van der Waals surface area contributed by atoms with Crippen LogP contribution in [0, 0.1) is 0 Å². The van der Waals surface area contributed by atoms with Gasteiger partial charge in [-0.15, -0.1) is 0 Å². The Balaban J connectivity index is 1.41. The minimum atomic E-state index is -0.439. The van der Waals surface area contributed by atoms with E-state index in [9.17, 15) is 4.79 Å². The van der Waals surface area contributed by atoms with Gasteiger partial charge in [-0.25, -0.2) is 4.79 Å². The summed E-state index contributed by atoms with van der Waals surface area (Å²) in [6, 6.07) is 18.1. The molecule has 0 aliphatic carbocycles. The molecule has 2 heterocycles. The van der Waals surface area contributed by atoms with Crippen LogP contribution in [0.25, 0.3) is 22.5 Å². The third kappa shape index (κ3) is 3.69. The van der Waals surface area contributed by atoms with Crippen molar-refractivity contribution in [2.75, 3.05) is 6.61 Å². The van der Waals surface area contributed by atoms with Gasteiger partial charge in [0, 0.05) is 11.5 Å². The van der Waals surface area contributed by atoms with Gasteiger partial charge in [0.05, 0.1) is 12.2 Å². The smallest absolute Gasteiger partial charge is 0.338 e. The van der Waals surface area contributed by atoms with Crippen LogP contribution >= 0.6 is 0 Å². The molecule has 4 rings (SSSR count). The summed E-state index contributed by atoms with van der Waals surface area (Å²) in [4.78, 5) is 12.1. The van der Waals surface area contributed by atoms with E-state index in [2.05, 4.69) is 5.16 Å². The van der Waals surface area contributed by atoms with Gasteiger partial charge in [0.1, 0.15) is 23.6 Å². The Bertz CT molecular complexity index is 1030. The molecule has 136 valence electrons. The molecule has 0 radical (unpaired) electrons. The fraction of sp³-hybridized carbons (Fsp3) is 0.143. The number of rotatable bonds is 6. The number of hydrogen-bond donors (Lipinski definition) is 0. The Morgan fingerprint density at radius 3 is 2.63 bits per heavy atom. The molecule has 0 saturated carbocycles. The highest BCUT2D eigenvalue weighted by molar-refractivity contribution is 5.89. The standard InChI is InChI=1S/C21H17NO5/c1-2-24-17-9-7-14(8-10-17)21(23)25-13-16-12-20(27-22-16)19-11-15-5-3-4-6-18(15)26-19/h3-12H,2,13H2,1H3. The van der Waals surface area contributed by atoms with Crippen molar-refractivity contribution in [2.45, 2.75) is 13.5 Å². The number of para-hydroxylation sites is 1. The topological polar surface area (TPSA) is 74.7 Å². The predicted octanol–water partition coefficient (Wildman–Crippen LogP) is 4.84. The molecule has 0 atom stereocenters. The zero-order valence-electron chi connectivity index (χ0n) is 14.7. The van der Waals surface area contributed by atoms with Crippen molar-refractivity contribution in [3.63, 3.8) is 0 Å². The Hall–Kier alpha value is -3.54. The second-order valence-corrected chi connectivity index (χ2v) is 5.86. The molecule has 0 bridgehead atoms. The Kier molecular flexibility index (Phi) is 4.61. The van der Waals surface area contributed by atoms with E-state index in [-0.39, 0.29) is 6.61 Å². The van der Waals surface area contributed by atoms with E-state index in [1.54, 1.807) is 30.3 Å².